The molecule has 0 heterocycles. The summed E-state index contributed by atoms with van der Waals surface area (Å²) < 4.78 is 31.5. The number of esters is 1. The molecular formula is C22H23NO5S. The third-order valence-corrected chi connectivity index (χ3v) is 6.26. The summed E-state index contributed by atoms with van der Waals surface area (Å²) >= 11 is 0. The SMILES string of the molecule is C=CCNS(=O)(=O)c1ccc(C(=O)OCC(=O)c2ccc3c(c2)CCCC3)cc1. The highest BCUT2D eigenvalue weighted by Gasteiger charge is 2.17. The fourth-order valence-electron chi connectivity index (χ4n) is 3.23. The summed E-state index contributed by atoms with van der Waals surface area (Å²) in [5.41, 5.74) is 3.18. The number of Topliss-reactive ketones (excluding diaryl/α,β-unsaturated/α-hetero) is 1. The maximum Gasteiger partial charge on any atom is 0.338 e. The molecule has 3 rings (SSSR count). The number of carbonyl (C=O) groups excluding carboxylic acids is 2. The summed E-state index contributed by atoms with van der Waals surface area (Å²) in [6.07, 6.45) is 5.72. The van der Waals surface area contributed by atoms with Gasteiger partial charge in [0.1, 0.15) is 0 Å². The van der Waals surface area contributed by atoms with Crippen LogP contribution in [0.1, 0.15) is 44.7 Å². The molecule has 0 unspecified atom stereocenters. The molecule has 0 amide bonds. The van der Waals surface area contributed by atoms with Gasteiger partial charge in [-0.3, -0.25) is 4.79 Å². The average Bonchev–Trinajstić information content (AvgIpc) is 2.75. The van der Waals surface area contributed by atoms with Crippen LogP contribution in [0.2, 0.25) is 0 Å². The molecule has 0 radical (unpaired) electrons. The Kier molecular flexibility index (Phi) is 6.61. The third kappa shape index (κ3) is 5.19. The molecule has 1 aliphatic rings. The fourth-order valence-corrected chi connectivity index (χ4v) is 4.23. The predicted molar refractivity (Wildman–Crippen MR) is 110 cm³/mol. The molecule has 2 aromatic rings. The molecule has 1 aliphatic carbocycles. The molecule has 0 aliphatic heterocycles. The summed E-state index contributed by atoms with van der Waals surface area (Å²) in [6.45, 7) is 3.20. The van der Waals surface area contributed by atoms with E-state index in [1.807, 2.05) is 12.1 Å². The van der Waals surface area contributed by atoms with Crippen molar-refractivity contribution in [1.82, 2.24) is 4.72 Å². The zero-order valence-electron chi connectivity index (χ0n) is 16.0. The van der Waals surface area contributed by atoms with Crippen molar-refractivity contribution >= 4 is 21.8 Å². The molecular weight excluding hydrogens is 390 g/mol. The van der Waals surface area contributed by atoms with Gasteiger partial charge in [0, 0.05) is 12.1 Å². The van der Waals surface area contributed by atoms with Gasteiger partial charge in [-0.15, -0.1) is 6.58 Å². The highest BCUT2D eigenvalue weighted by Crippen LogP contribution is 2.22. The van der Waals surface area contributed by atoms with Crippen molar-refractivity contribution in [2.45, 2.75) is 30.6 Å². The van der Waals surface area contributed by atoms with Crippen LogP contribution in [0.4, 0.5) is 0 Å². The first-order valence-electron chi connectivity index (χ1n) is 9.43. The first-order valence-corrected chi connectivity index (χ1v) is 10.9. The maximum atomic E-state index is 12.4. The molecule has 0 atom stereocenters. The molecule has 7 heteroatoms. The van der Waals surface area contributed by atoms with Crippen molar-refractivity contribution in [1.29, 1.82) is 0 Å². The Morgan fingerprint density at radius 2 is 1.66 bits per heavy atom. The van der Waals surface area contributed by atoms with Crippen LogP contribution in [0, 0.1) is 0 Å². The van der Waals surface area contributed by atoms with E-state index in [1.165, 1.54) is 47.9 Å². The number of carbonyl (C=O) groups is 2. The lowest BCUT2D eigenvalue weighted by Crippen LogP contribution is -2.23. The van der Waals surface area contributed by atoms with Gasteiger partial charge in [0.25, 0.3) is 0 Å². The predicted octanol–water partition coefficient (Wildman–Crippen LogP) is 3.07. The van der Waals surface area contributed by atoms with Gasteiger partial charge in [0.15, 0.2) is 12.4 Å². The standard InChI is InChI=1S/C22H23NO5S/c1-2-13-23-29(26,27)20-11-9-17(10-12-20)22(25)28-15-21(24)19-8-7-16-5-3-4-6-18(16)14-19/h2,7-12,14,23H,1,3-6,13,15H2. The van der Waals surface area contributed by atoms with Crippen molar-refractivity contribution in [2.24, 2.45) is 0 Å². The van der Waals surface area contributed by atoms with Gasteiger partial charge in [-0.1, -0.05) is 18.2 Å². The third-order valence-electron chi connectivity index (χ3n) is 4.82. The Morgan fingerprint density at radius 3 is 2.34 bits per heavy atom. The summed E-state index contributed by atoms with van der Waals surface area (Å²) in [5.74, 6) is -0.946. The quantitative estimate of drug-likeness (QED) is 0.408. The zero-order valence-corrected chi connectivity index (χ0v) is 16.8. The Labute approximate surface area is 170 Å². The van der Waals surface area contributed by atoms with Crippen LogP contribution in [0.15, 0.2) is 60.0 Å². The molecule has 1 N–H and O–H groups in total. The number of benzene rings is 2. The van der Waals surface area contributed by atoms with E-state index in [9.17, 15) is 18.0 Å². The number of hydrogen-bond acceptors (Lipinski definition) is 5. The zero-order chi connectivity index (χ0) is 20.9. The lowest BCUT2D eigenvalue weighted by Gasteiger charge is -2.16. The van der Waals surface area contributed by atoms with E-state index in [2.05, 4.69) is 11.3 Å². The average molecular weight is 413 g/mol. The van der Waals surface area contributed by atoms with Crippen molar-refractivity contribution < 1.29 is 22.7 Å². The number of hydrogen-bond donors (Lipinski definition) is 1. The van der Waals surface area contributed by atoms with E-state index in [-0.39, 0.29) is 29.4 Å². The molecule has 0 aromatic heterocycles. The lowest BCUT2D eigenvalue weighted by atomic mass is 9.90. The van der Waals surface area contributed by atoms with Gasteiger partial charge >= 0.3 is 5.97 Å². The van der Waals surface area contributed by atoms with E-state index < -0.39 is 16.0 Å². The largest absolute Gasteiger partial charge is 0.454 e. The Bertz CT molecular complexity index is 1030. The van der Waals surface area contributed by atoms with Gasteiger partial charge in [0.2, 0.25) is 10.0 Å². The molecule has 2 aromatic carbocycles. The van der Waals surface area contributed by atoms with E-state index in [0.29, 0.717) is 5.56 Å². The van der Waals surface area contributed by atoms with Gasteiger partial charge in [-0.2, -0.15) is 0 Å². The normalized spacial score (nSPS) is 13.4. The van der Waals surface area contributed by atoms with Crippen molar-refractivity contribution in [3.8, 4) is 0 Å². The van der Waals surface area contributed by atoms with E-state index >= 15 is 0 Å². The van der Waals surface area contributed by atoms with Gasteiger partial charge in [0.05, 0.1) is 10.5 Å². The molecule has 152 valence electrons. The van der Waals surface area contributed by atoms with Crippen molar-refractivity contribution in [3.05, 3.63) is 77.4 Å². The first-order chi connectivity index (χ1) is 13.9. The topological polar surface area (TPSA) is 89.5 Å². The molecule has 29 heavy (non-hydrogen) atoms. The molecule has 0 bridgehead atoms. The number of fused-ring (bicyclic) bond motifs is 1. The molecule has 0 saturated heterocycles. The van der Waals surface area contributed by atoms with Gasteiger partial charge < -0.3 is 4.74 Å². The van der Waals surface area contributed by atoms with Crippen LogP contribution >= 0.6 is 0 Å². The second kappa shape index (κ2) is 9.15. The van der Waals surface area contributed by atoms with Crippen molar-refractivity contribution in [3.63, 3.8) is 0 Å². The van der Waals surface area contributed by atoms with Crippen LogP contribution in [0.3, 0.4) is 0 Å². The Balaban J connectivity index is 1.60. The maximum absolute atomic E-state index is 12.4. The number of nitrogens with one attached hydrogen (secondary N) is 1. The fraction of sp³-hybridized carbons (Fsp3) is 0.273. The number of rotatable bonds is 8. The molecule has 6 nitrogen and oxygen atoms in total. The Morgan fingerprint density at radius 1 is 1.00 bits per heavy atom. The number of aryl methyl sites for hydroxylation is 2. The lowest BCUT2D eigenvalue weighted by molar-refractivity contribution is 0.0474. The highest BCUT2D eigenvalue weighted by molar-refractivity contribution is 7.89. The van der Waals surface area contributed by atoms with Crippen LogP contribution < -0.4 is 4.72 Å². The van der Waals surface area contributed by atoms with E-state index in [1.54, 1.807) is 6.07 Å². The van der Waals surface area contributed by atoms with Gasteiger partial charge in [-0.25, -0.2) is 17.9 Å². The monoisotopic (exact) mass is 413 g/mol. The molecule has 0 saturated carbocycles. The van der Waals surface area contributed by atoms with Crippen LogP contribution in [0.5, 0.6) is 0 Å². The minimum Gasteiger partial charge on any atom is -0.454 e. The minimum atomic E-state index is -3.66. The molecule has 0 spiro atoms. The summed E-state index contributed by atoms with van der Waals surface area (Å²) in [7, 11) is -3.66. The van der Waals surface area contributed by atoms with Gasteiger partial charge in [-0.05, 0) is 67.1 Å². The van der Waals surface area contributed by atoms with Crippen LogP contribution in [-0.2, 0) is 27.6 Å². The second-order valence-electron chi connectivity index (χ2n) is 6.85. The van der Waals surface area contributed by atoms with Crippen LogP contribution in [-0.4, -0.2) is 33.3 Å². The minimum absolute atomic E-state index is 0.0287. The molecule has 0 fully saturated rings. The van der Waals surface area contributed by atoms with Crippen LogP contribution in [0.25, 0.3) is 0 Å². The summed E-state index contributed by atoms with van der Waals surface area (Å²) in [5, 5.41) is 0. The Hall–Kier alpha value is -2.77. The highest BCUT2D eigenvalue weighted by atomic mass is 32.2. The second-order valence-corrected chi connectivity index (χ2v) is 8.62. The summed E-state index contributed by atoms with van der Waals surface area (Å²) in [6, 6.07) is 11.0. The number of sulfonamides is 1. The number of ketones is 1. The van der Waals surface area contributed by atoms with E-state index in [0.717, 1.165) is 19.3 Å². The smallest absolute Gasteiger partial charge is 0.338 e. The first kappa shape index (κ1) is 21.0. The number of ether oxygens (including phenoxy) is 1. The van der Waals surface area contributed by atoms with Crippen molar-refractivity contribution in [2.75, 3.05) is 13.2 Å². The summed E-state index contributed by atoms with van der Waals surface area (Å²) in [4.78, 5) is 24.6. The van der Waals surface area contributed by atoms with E-state index in [4.69, 9.17) is 4.74 Å².